The van der Waals surface area contributed by atoms with Crippen LogP contribution in [0.4, 0.5) is 5.95 Å². The van der Waals surface area contributed by atoms with Crippen LogP contribution in [0.1, 0.15) is 32.1 Å². The number of aromatic nitrogens is 4. The Hall–Kier alpha value is -2.15. The van der Waals surface area contributed by atoms with Gasteiger partial charge in [0.05, 0.1) is 0 Å². The third-order valence-corrected chi connectivity index (χ3v) is 3.03. The van der Waals surface area contributed by atoms with Crippen molar-refractivity contribution in [2.75, 3.05) is 12.4 Å². The van der Waals surface area contributed by atoms with Gasteiger partial charge >= 0.3 is 0 Å². The Labute approximate surface area is 123 Å². The van der Waals surface area contributed by atoms with Gasteiger partial charge in [-0.2, -0.15) is 4.98 Å². The maximum atomic E-state index is 12.5. The van der Waals surface area contributed by atoms with Crippen molar-refractivity contribution < 1.29 is 9.53 Å². The van der Waals surface area contributed by atoms with Crippen molar-refractivity contribution in [3.63, 3.8) is 0 Å². The fraction of sp³-hybridized carbons (Fsp3) is 0.500. The van der Waals surface area contributed by atoms with Crippen LogP contribution in [0, 0.1) is 5.92 Å². The minimum atomic E-state index is -0.274. The molecule has 0 spiro atoms. The normalized spacial score (nSPS) is 12.6. The lowest BCUT2D eigenvalue weighted by atomic mass is 10.0. The molecule has 2 rings (SSSR count). The van der Waals surface area contributed by atoms with Crippen molar-refractivity contribution in [3.8, 4) is 0 Å². The molecule has 21 heavy (non-hydrogen) atoms. The van der Waals surface area contributed by atoms with E-state index in [0.717, 1.165) is 6.42 Å². The minimum absolute atomic E-state index is 0.122. The molecule has 0 aliphatic rings. The number of aromatic amines is 1. The van der Waals surface area contributed by atoms with Gasteiger partial charge in [0.15, 0.2) is 5.82 Å². The van der Waals surface area contributed by atoms with Crippen molar-refractivity contribution in [2.45, 2.75) is 32.9 Å². The highest BCUT2D eigenvalue weighted by Gasteiger charge is 2.22. The monoisotopic (exact) mass is 291 g/mol. The van der Waals surface area contributed by atoms with E-state index >= 15 is 0 Å². The van der Waals surface area contributed by atoms with Gasteiger partial charge in [-0.3, -0.25) is 15.2 Å². The van der Waals surface area contributed by atoms with Gasteiger partial charge in [0.2, 0.25) is 11.9 Å². The molecule has 2 aromatic heterocycles. The Morgan fingerprint density at radius 3 is 2.76 bits per heavy atom. The highest BCUT2D eigenvalue weighted by molar-refractivity contribution is 5.92. The van der Waals surface area contributed by atoms with Gasteiger partial charge in [-0.25, -0.2) is 0 Å². The first-order chi connectivity index (χ1) is 10.1. The molecule has 7 nitrogen and oxygen atoms in total. The molecule has 0 aliphatic carbocycles. The quantitative estimate of drug-likeness (QED) is 0.817. The van der Waals surface area contributed by atoms with E-state index in [9.17, 15) is 4.79 Å². The van der Waals surface area contributed by atoms with Crippen LogP contribution in [-0.4, -0.2) is 32.8 Å². The standard InChI is InChI=1S/C14H21N5O2/c1-10(2)8-11(19-6-4-5-7-19)13(20)16-14-15-12(9-21-3)17-18-14/h4-7,10-11H,8-9H2,1-3H3,(H2,15,16,17,18,20)/t11-/m0/s1. The molecule has 114 valence electrons. The van der Waals surface area contributed by atoms with Gasteiger partial charge in [-0.1, -0.05) is 13.8 Å². The topological polar surface area (TPSA) is 84.8 Å². The van der Waals surface area contributed by atoms with E-state index in [1.54, 1.807) is 7.11 Å². The second kappa shape index (κ2) is 7.03. The zero-order valence-corrected chi connectivity index (χ0v) is 12.5. The first-order valence-electron chi connectivity index (χ1n) is 6.93. The second-order valence-corrected chi connectivity index (χ2v) is 5.30. The highest BCUT2D eigenvalue weighted by atomic mass is 16.5. The number of carbonyl (C=O) groups is 1. The molecule has 1 amide bonds. The lowest BCUT2D eigenvalue weighted by Gasteiger charge is -2.19. The van der Waals surface area contributed by atoms with Gasteiger partial charge in [0.1, 0.15) is 12.6 Å². The van der Waals surface area contributed by atoms with Crippen LogP contribution in [0.3, 0.4) is 0 Å². The van der Waals surface area contributed by atoms with E-state index in [1.807, 2.05) is 29.1 Å². The Kier molecular flexibility index (Phi) is 5.10. The maximum absolute atomic E-state index is 12.5. The molecule has 2 heterocycles. The van der Waals surface area contributed by atoms with Gasteiger partial charge in [-0.05, 0) is 24.5 Å². The first-order valence-corrected chi connectivity index (χ1v) is 6.93. The van der Waals surface area contributed by atoms with Gasteiger partial charge < -0.3 is 9.30 Å². The number of carbonyl (C=O) groups excluding carboxylic acids is 1. The number of nitrogens with zero attached hydrogens (tertiary/aromatic N) is 3. The second-order valence-electron chi connectivity index (χ2n) is 5.30. The number of hydrogen-bond donors (Lipinski definition) is 2. The summed E-state index contributed by atoms with van der Waals surface area (Å²) in [5.41, 5.74) is 0. The minimum Gasteiger partial charge on any atom is -0.377 e. The molecular formula is C14H21N5O2. The molecule has 0 bridgehead atoms. The lowest BCUT2D eigenvalue weighted by Crippen LogP contribution is -2.27. The molecule has 0 radical (unpaired) electrons. The summed E-state index contributed by atoms with van der Waals surface area (Å²) in [6, 6.07) is 3.54. The fourth-order valence-electron chi connectivity index (χ4n) is 2.11. The summed E-state index contributed by atoms with van der Waals surface area (Å²) in [4.78, 5) is 16.6. The molecule has 0 fully saturated rings. The van der Waals surface area contributed by atoms with E-state index in [0.29, 0.717) is 18.3 Å². The largest absolute Gasteiger partial charge is 0.377 e. The number of rotatable bonds is 7. The number of hydrogen-bond acceptors (Lipinski definition) is 4. The van der Waals surface area contributed by atoms with Crippen molar-refractivity contribution in [2.24, 2.45) is 5.92 Å². The van der Waals surface area contributed by atoms with Gasteiger partial charge in [-0.15, -0.1) is 5.10 Å². The Morgan fingerprint density at radius 1 is 1.43 bits per heavy atom. The number of H-pyrrole nitrogens is 1. The summed E-state index contributed by atoms with van der Waals surface area (Å²) >= 11 is 0. The van der Waals surface area contributed by atoms with E-state index in [-0.39, 0.29) is 17.9 Å². The molecule has 0 aromatic carbocycles. The third-order valence-electron chi connectivity index (χ3n) is 3.03. The molecule has 0 saturated heterocycles. The summed E-state index contributed by atoms with van der Waals surface area (Å²) < 4.78 is 6.86. The number of anilines is 1. The molecule has 2 aromatic rings. The summed E-state index contributed by atoms with van der Waals surface area (Å²) in [6.45, 7) is 4.51. The van der Waals surface area contributed by atoms with Crippen molar-refractivity contribution >= 4 is 11.9 Å². The first kappa shape index (κ1) is 15.2. The molecule has 1 atom stereocenters. The van der Waals surface area contributed by atoms with Crippen molar-refractivity contribution in [3.05, 3.63) is 30.4 Å². The Morgan fingerprint density at radius 2 is 2.14 bits per heavy atom. The Bertz CT molecular complexity index is 562. The van der Waals surface area contributed by atoms with E-state index in [2.05, 4.69) is 34.3 Å². The smallest absolute Gasteiger partial charge is 0.249 e. The average Bonchev–Trinajstić information content (AvgIpc) is 3.08. The van der Waals surface area contributed by atoms with Gasteiger partial charge in [0, 0.05) is 19.5 Å². The third kappa shape index (κ3) is 4.16. The highest BCUT2D eigenvalue weighted by Crippen LogP contribution is 2.19. The number of nitrogens with one attached hydrogen (secondary N) is 2. The van der Waals surface area contributed by atoms with Crippen LogP contribution in [0.5, 0.6) is 0 Å². The van der Waals surface area contributed by atoms with Crippen molar-refractivity contribution in [1.29, 1.82) is 0 Å². The molecule has 0 aliphatic heterocycles. The average molecular weight is 291 g/mol. The number of amides is 1. The molecule has 7 heteroatoms. The van der Waals surface area contributed by atoms with Crippen LogP contribution in [-0.2, 0) is 16.1 Å². The zero-order valence-electron chi connectivity index (χ0n) is 12.5. The predicted octanol–water partition coefficient (Wildman–Crippen LogP) is 1.98. The predicted molar refractivity (Wildman–Crippen MR) is 78.6 cm³/mol. The lowest BCUT2D eigenvalue weighted by molar-refractivity contribution is -0.119. The van der Waals surface area contributed by atoms with Crippen LogP contribution in [0.25, 0.3) is 0 Å². The van der Waals surface area contributed by atoms with Crippen molar-refractivity contribution in [1.82, 2.24) is 19.7 Å². The summed E-state index contributed by atoms with van der Waals surface area (Å²) in [6.07, 6.45) is 4.53. The van der Waals surface area contributed by atoms with E-state index in [4.69, 9.17) is 4.74 Å². The molecular weight excluding hydrogens is 270 g/mol. The summed E-state index contributed by atoms with van der Waals surface area (Å²) in [5, 5.41) is 9.42. The number of ether oxygens (including phenoxy) is 1. The summed E-state index contributed by atoms with van der Waals surface area (Å²) in [5.74, 6) is 1.13. The van der Waals surface area contributed by atoms with E-state index < -0.39 is 0 Å². The van der Waals surface area contributed by atoms with Crippen LogP contribution >= 0.6 is 0 Å². The molecule has 0 unspecified atom stereocenters. The Balaban J connectivity index is 2.07. The number of methoxy groups -OCH3 is 1. The van der Waals surface area contributed by atoms with Crippen LogP contribution < -0.4 is 5.32 Å². The zero-order chi connectivity index (χ0) is 15.2. The van der Waals surface area contributed by atoms with Gasteiger partial charge in [0.25, 0.3) is 0 Å². The molecule has 0 saturated carbocycles. The van der Waals surface area contributed by atoms with E-state index in [1.165, 1.54) is 0 Å². The van der Waals surface area contributed by atoms with Crippen LogP contribution in [0.15, 0.2) is 24.5 Å². The fourth-order valence-corrected chi connectivity index (χ4v) is 2.11. The molecule has 2 N–H and O–H groups in total. The SMILES string of the molecule is COCc1nc(NC(=O)[C@H](CC(C)C)n2cccc2)n[nH]1. The summed E-state index contributed by atoms with van der Waals surface area (Å²) in [7, 11) is 1.57. The maximum Gasteiger partial charge on any atom is 0.249 e. The van der Waals surface area contributed by atoms with Crippen LogP contribution in [0.2, 0.25) is 0 Å².